The summed E-state index contributed by atoms with van der Waals surface area (Å²) in [5, 5.41) is 10.1. The third-order valence-corrected chi connectivity index (χ3v) is 5.19. The molecule has 0 amide bonds. The summed E-state index contributed by atoms with van der Waals surface area (Å²) < 4.78 is 32.2. The number of pyridine rings is 2. The summed E-state index contributed by atoms with van der Waals surface area (Å²) in [4.78, 5) is 8.98. The smallest absolute Gasteiger partial charge is 0.387 e. The third kappa shape index (κ3) is 4.41. The van der Waals surface area contributed by atoms with Crippen LogP contribution in [0.2, 0.25) is 0 Å². The normalized spacial score (nSPS) is 12.0. The van der Waals surface area contributed by atoms with Gasteiger partial charge in [-0.3, -0.25) is 4.98 Å². The van der Waals surface area contributed by atoms with Gasteiger partial charge >= 0.3 is 6.61 Å². The molecule has 0 spiro atoms. The van der Waals surface area contributed by atoms with Gasteiger partial charge in [0.05, 0.1) is 11.4 Å². The quantitative estimate of drug-likeness (QED) is 0.467. The molecule has 0 aliphatic heterocycles. The van der Waals surface area contributed by atoms with Gasteiger partial charge in [0.2, 0.25) is 0 Å². The Hall–Kier alpha value is -3.32. The van der Waals surface area contributed by atoms with Gasteiger partial charge in [-0.1, -0.05) is 24.3 Å². The summed E-state index contributed by atoms with van der Waals surface area (Å²) in [5.41, 5.74) is 4.55. The maximum atomic E-state index is 12.8. The molecule has 1 aromatic carbocycles. The molecule has 4 aromatic rings. The van der Waals surface area contributed by atoms with Gasteiger partial charge in [-0.05, 0) is 45.0 Å². The summed E-state index contributed by atoms with van der Waals surface area (Å²) in [5.74, 6) is 0.161. The molecule has 0 atom stereocenters. The number of hydrogen-bond acceptors (Lipinski definition) is 4. The highest BCUT2D eigenvalue weighted by atomic mass is 19.3. The number of aromatic nitrogens is 3. The Morgan fingerprint density at radius 2 is 1.81 bits per heavy atom. The Bertz CT molecular complexity index is 1210. The molecule has 1 N–H and O–H groups in total. The number of benzene rings is 1. The number of aliphatic hydroxyl groups is 1. The number of halogens is 2. The summed E-state index contributed by atoms with van der Waals surface area (Å²) in [6.07, 6.45) is 4.08. The fraction of sp³-hybridized carbons (Fsp3) is 0.250. The molecule has 3 heterocycles. The lowest BCUT2D eigenvalue weighted by atomic mass is 10.0. The molecule has 0 bridgehead atoms. The number of alkyl halides is 2. The van der Waals surface area contributed by atoms with Crippen LogP contribution in [0.1, 0.15) is 36.5 Å². The van der Waals surface area contributed by atoms with Crippen LogP contribution in [0.25, 0.3) is 16.8 Å². The maximum absolute atomic E-state index is 12.8. The summed E-state index contributed by atoms with van der Waals surface area (Å²) in [7, 11) is 0. The predicted octanol–water partition coefficient (Wildman–Crippen LogP) is 5.12. The Balaban J connectivity index is 1.72. The number of rotatable bonds is 6. The van der Waals surface area contributed by atoms with Gasteiger partial charge in [0, 0.05) is 41.2 Å². The molecule has 0 fully saturated rings. The lowest BCUT2D eigenvalue weighted by Gasteiger charge is -2.16. The number of ether oxygens (including phenoxy) is 1. The van der Waals surface area contributed by atoms with Crippen molar-refractivity contribution in [3.63, 3.8) is 0 Å². The van der Waals surface area contributed by atoms with Crippen molar-refractivity contribution >= 4 is 5.65 Å². The van der Waals surface area contributed by atoms with E-state index in [2.05, 4.69) is 14.7 Å². The first-order valence-electron chi connectivity index (χ1n) is 9.92. The van der Waals surface area contributed by atoms with Crippen LogP contribution in [0.4, 0.5) is 8.78 Å². The van der Waals surface area contributed by atoms with Crippen molar-refractivity contribution in [3.8, 4) is 16.9 Å². The van der Waals surface area contributed by atoms with Gasteiger partial charge in [0.1, 0.15) is 17.0 Å². The molecule has 0 unspecified atom stereocenters. The Labute approximate surface area is 179 Å². The van der Waals surface area contributed by atoms with E-state index in [0.29, 0.717) is 17.7 Å². The molecule has 0 radical (unpaired) electrons. The Morgan fingerprint density at radius 3 is 2.48 bits per heavy atom. The van der Waals surface area contributed by atoms with Crippen molar-refractivity contribution < 1.29 is 18.6 Å². The number of para-hydroxylation sites is 1. The van der Waals surface area contributed by atoms with Gasteiger partial charge in [0.25, 0.3) is 0 Å². The lowest BCUT2D eigenvalue weighted by Crippen LogP contribution is -2.17. The van der Waals surface area contributed by atoms with Crippen LogP contribution in [-0.4, -0.2) is 26.1 Å². The average molecular weight is 423 g/mol. The lowest BCUT2D eigenvalue weighted by molar-refractivity contribution is -0.0504. The number of fused-ring (bicyclic) bond motifs is 1. The first kappa shape index (κ1) is 20.9. The van der Waals surface area contributed by atoms with Gasteiger partial charge in [-0.2, -0.15) is 8.78 Å². The standard InChI is InChI=1S/C24H23F2N3O2/c1-15-19(12-16-6-4-5-7-20(16)31-23(25)26)29-14-18(9-11-22(29)28-15)17-8-10-21(27-13-17)24(2,3)30/h4-11,13-14,23,30H,12H2,1-3H3. The van der Waals surface area contributed by atoms with Crippen LogP contribution in [0.5, 0.6) is 5.75 Å². The van der Waals surface area contributed by atoms with Crippen LogP contribution in [0.15, 0.2) is 60.9 Å². The molecule has 7 heteroatoms. The van der Waals surface area contributed by atoms with Crippen molar-refractivity contribution in [2.45, 2.75) is 39.4 Å². The van der Waals surface area contributed by atoms with E-state index in [1.165, 1.54) is 0 Å². The van der Waals surface area contributed by atoms with E-state index in [1.54, 1.807) is 50.4 Å². The zero-order valence-electron chi connectivity index (χ0n) is 17.5. The first-order chi connectivity index (χ1) is 14.7. The minimum absolute atomic E-state index is 0.161. The van der Waals surface area contributed by atoms with Crippen molar-refractivity contribution in [1.29, 1.82) is 0 Å². The van der Waals surface area contributed by atoms with Crippen LogP contribution in [0.3, 0.4) is 0 Å². The van der Waals surface area contributed by atoms with Crippen LogP contribution in [-0.2, 0) is 12.0 Å². The zero-order chi connectivity index (χ0) is 22.2. The van der Waals surface area contributed by atoms with Gasteiger partial charge in [-0.25, -0.2) is 4.98 Å². The van der Waals surface area contributed by atoms with E-state index in [-0.39, 0.29) is 5.75 Å². The highest BCUT2D eigenvalue weighted by molar-refractivity contribution is 5.64. The Morgan fingerprint density at radius 1 is 1.06 bits per heavy atom. The van der Waals surface area contributed by atoms with Gasteiger partial charge in [0.15, 0.2) is 0 Å². The Kier molecular flexibility index (Phi) is 5.45. The molecule has 0 aliphatic rings. The molecule has 3 aromatic heterocycles. The van der Waals surface area contributed by atoms with E-state index in [0.717, 1.165) is 28.2 Å². The second-order valence-corrected chi connectivity index (χ2v) is 7.94. The minimum Gasteiger partial charge on any atom is -0.435 e. The van der Waals surface area contributed by atoms with Crippen LogP contribution >= 0.6 is 0 Å². The second-order valence-electron chi connectivity index (χ2n) is 7.94. The number of hydrogen-bond donors (Lipinski definition) is 1. The number of aryl methyl sites for hydroxylation is 1. The van der Waals surface area contributed by atoms with Crippen molar-refractivity contribution in [3.05, 3.63) is 83.6 Å². The highest BCUT2D eigenvalue weighted by Gasteiger charge is 2.18. The summed E-state index contributed by atoms with van der Waals surface area (Å²) in [6.45, 7) is 2.41. The van der Waals surface area contributed by atoms with E-state index >= 15 is 0 Å². The topological polar surface area (TPSA) is 59.7 Å². The molecule has 5 nitrogen and oxygen atoms in total. The number of nitrogens with zero attached hydrogens (tertiary/aromatic N) is 3. The van der Waals surface area contributed by atoms with E-state index in [9.17, 15) is 13.9 Å². The fourth-order valence-corrected chi connectivity index (χ4v) is 3.56. The van der Waals surface area contributed by atoms with Crippen LogP contribution < -0.4 is 4.74 Å². The second kappa shape index (κ2) is 8.07. The first-order valence-corrected chi connectivity index (χ1v) is 9.92. The van der Waals surface area contributed by atoms with Gasteiger partial charge in [-0.15, -0.1) is 0 Å². The monoisotopic (exact) mass is 423 g/mol. The number of imidazole rings is 1. The average Bonchev–Trinajstić information content (AvgIpc) is 3.03. The van der Waals surface area contributed by atoms with E-state index in [4.69, 9.17) is 0 Å². The molecule has 31 heavy (non-hydrogen) atoms. The minimum atomic E-state index is -2.88. The maximum Gasteiger partial charge on any atom is 0.387 e. The predicted molar refractivity (Wildman–Crippen MR) is 114 cm³/mol. The summed E-state index contributed by atoms with van der Waals surface area (Å²) >= 11 is 0. The van der Waals surface area contributed by atoms with Crippen molar-refractivity contribution in [2.75, 3.05) is 0 Å². The van der Waals surface area contributed by atoms with Crippen LogP contribution in [0, 0.1) is 6.92 Å². The fourth-order valence-electron chi connectivity index (χ4n) is 3.56. The molecule has 0 saturated carbocycles. The van der Waals surface area contributed by atoms with E-state index in [1.807, 2.05) is 35.7 Å². The third-order valence-electron chi connectivity index (χ3n) is 5.19. The molecule has 0 aliphatic carbocycles. The zero-order valence-corrected chi connectivity index (χ0v) is 17.5. The molecular weight excluding hydrogens is 400 g/mol. The molecule has 160 valence electrons. The van der Waals surface area contributed by atoms with Crippen molar-refractivity contribution in [2.24, 2.45) is 0 Å². The van der Waals surface area contributed by atoms with Crippen molar-refractivity contribution in [1.82, 2.24) is 14.4 Å². The molecule has 0 saturated heterocycles. The highest BCUT2D eigenvalue weighted by Crippen LogP contribution is 2.27. The van der Waals surface area contributed by atoms with Gasteiger partial charge < -0.3 is 14.2 Å². The molecule has 4 rings (SSSR count). The largest absolute Gasteiger partial charge is 0.435 e. The van der Waals surface area contributed by atoms with E-state index < -0.39 is 12.2 Å². The molecular formula is C24H23F2N3O2. The summed E-state index contributed by atoms with van der Waals surface area (Å²) in [6, 6.07) is 14.4. The SMILES string of the molecule is Cc1nc2ccc(-c3ccc(C(C)(C)O)nc3)cn2c1Cc1ccccc1OC(F)F.